The molecule has 1 amide bonds. The van der Waals surface area contributed by atoms with E-state index in [4.69, 9.17) is 9.15 Å². The SMILES string of the molecule is COc1ccc(NC(=O)c2cc3cc(C4(O)CCN(Cc5ccccc5)CC4)ccc3o2)cc1. The lowest BCUT2D eigenvalue weighted by Crippen LogP contribution is -2.42. The van der Waals surface area contributed by atoms with Crippen LogP contribution in [0.25, 0.3) is 11.0 Å². The molecule has 0 saturated carbocycles. The maximum Gasteiger partial charge on any atom is 0.291 e. The number of hydrogen-bond donors (Lipinski definition) is 2. The second-order valence-corrected chi connectivity index (χ2v) is 8.84. The molecule has 0 bridgehead atoms. The summed E-state index contributed by atoms with van der Waals surface area (Å²) >= 11 is 0. The van der Waals surface area contributed by atoms with Crippen LogP contribution in [0.5, 0.6) is 5.75 Å². The molecule has 0 spiro atoms. The first-order valence-electron chi connectivity index (χ1n) is 11.5. The molecule has 6 nitrogen and oxygen atoms in total. The predicted molar refractivity (Wildman–Crippen MR) is 132 cm³/mol. The van der Waals surface area contributed by atoms with Crippen LogP contribution in [0, 0.1) is 0 Å². The fourth-order valence-corrected chi connectivity index (χ4v) is 4.52. The number of hydrogen-bond acceptors (Lipinski definition) is 5. The molecule has 6 heteroatoms. The van der Waals surface area contributed by atoms with Crippen LogP contribution in [0.4, 0.5) is 5.69 Å². The molecule has 1 saturated heterocycles. The molecule has 2 heterocycles. The molecule has 0 unspecified atom stereocenters. The Labute approximate surface area is 198 Å². The standard InChI is InChI=1S/C28H28N2O4/c1-33-24-10-8-23(9-11-24)29-27(31)26-18-21-17-22(7-12-25(21)34-26)28(32)13-15-30(16-14-28)19-20-5-3-2-4-6-20/h2-12,17-18,32H,13-16,19H2,1H3,(H,29,31). The number of rotatable bonds is 6. The minimum Gasteiger partial charge on any atom is -0.497 e. The van der Waals surface area contributed by atoms with Crippen molar-refractivity contribution in [3.63, 3.8) is 0 Å². The lowest BCUT2D eigenvalue weighted by molar-refractivity contribution is -0.0276. The molecule has 1 aliphatic heterocycles. The largest absolute Gasteiger partial charge is 0.497 e. The Balaban J connectivity index is 1.27. The summed E-state index contributed by atoms with van der Waals surface area (Å²) < 4.78 is 10.9. The summed E-state index contributed by atoms with van der Waals surface area (Å²) in [6.45, 7) is 2.54. The number of benzene rings is 3. The Hall–Kier alpha value is -3.61. The van der Waals surface area contributed by atoms with Gasteiger partial charge in [-0.1, -0.05) is 36.4 Å². The molecule has 5 rings (SSSR count). The number of amides is 1. The Morgan fingerprint density at radius 3 is 2.47 bits per heavy atom. The van der Waals surface area contributed by atoms with Gasteiger partial charge in [0, 0.05) is 30.7 Å². The second kappa shape index (κ2) is 9.33. The molecule has 34 heavy (non-hydrogen) atoms. The lowest BCUT2D eigenvalue weighted by atomic mass is 9.84. The van der Waals surface area contributed by atoms with Crippen LogP contribution in [0.15, 0.2) is 83.3 Å². The quantitative estimate of drug-likeness (QED) is 0.418. The van der Waals surface area contributed by atoms with Crippen molar-refractivity contribution in [2.75, 3.05) is 25.5 Å². The predicted octanol–water partition coefficient (Wildman–Crippen LogP) is 5.18. The van der Waals surface area contributed by atoms with Gasteiger partial charge in [-0.15, -0.1) is 0 Å². The highest BCUT2D eigenvalue weighted by atomic mass is 16.5. The number of nitrogens with one attached hydrogen (secondary N) is 1. The highest BCUT2D eigenvalue weighted by Gasteiger charge is 2.34. The Kier molecular flexibility index (Phi) is 6.09. The average Bonchev–Trinajstić information content (AvgIpc) is 3.31. The number of furan rings is 1. The van der Waals surface area contributed by atoms with Gasteiger partial charge in [-0.05, 0) is 66.4 Å². The van der Waals surface area contributed by atoms with Gasteiger partial charge in [0.25, 0.3) is 5.91 Å². The van der Waals surface area contributed by atoms with E-state index in [0.717, 1.165) is 36.3 Å². The van der Waals surface area contributed by atoms with Gasteiger partial charge in [-0.25, -0.2) is 0 Å². The number of carbonyl (C=O) groups is 1. The van der Waals surface area contributed by atoms with Gasteiger partial charge in [0.15, 0.2) is 5.76 Å². The molecule has 1 aromatic heterocycles. The smallest absolute Gasteiger partial charge is 0.291 e. The van der Waals surface area contributed by atoms with E-state index in [1.54, 1.807) is 37.4 Å². The number of likely N-dealkylation sites (tertiary alicyclic amines) is 1. The first kappa shape index (κ1) is 22.2. The van der Waals surface area contributed by atoms with E-state index < -0.39 is 5.60 Å². The number of ether oxygens (including phenoxy) is 1. The Morgan fingerprint density at radius 1 is 1.03 bits per heavy atom. The minimum absolute atomic E-state index is 0.229. The summed E-state index contributed by atoms with van der Waals surface area (Å²) in [5.74, 6) is 0.626. The van der Waals surface area contributed by atoms with Crippen LogP contribution in [-0.2, 0) is 12.1 Å². The maximum atomic E-state index is 12.7. The van der Waals surface area contributed by atoms with E-state index in [9.17, 15) is 9.90 Å². The van der Waals surface area contributed by atoms with Crippen molar-refractivity contribution in [3.05, 3.63) is 95.7 Å². The van der Waals surface area contributed by atoms with Gasteiger partial charge in [0.05, 0.1) is 12.7 Å². The summed E-state index contributed by atoms with van der Waals surface area (Å²) in [5, 5.41) is 15.0. The number of carbonyl (C=O) groups excluding carboxylic acids is 1. The Bertz CT molecular complexity index is 1270. The van der Waals surface area contributed by atoms with E-state index >= 15 is 0 Å². The van der Waals surface area contributed by atoms with Crippen molar-refractivity contribution in [2.24, 2.45) is 0 Å². The van der Waals surface area contributed by atoms with Crippen LogP contribution in [0.3, 0.4) is 0 Å². The molecule has 3 aromatic carbocycles. The van der Waals surface area contributed by atoms with Gasteiger partial charge < -0.3 is 19.6 Å². The van der Waals surface area contributed by atoms with Crippen LogP contribution in [-0.4, -0.2) is 36.1 Å². The third-order valence-electron chi connectivity index (χ3n) is 6.56. The monoisotopic (exact) mass is 456 g/mol. The third-order valence-corrected chi connectivity index (χ3v) is 6.56. The molecule has 2 N–H and O–H groups in total. The topological polar surface area (TPSA) is 74.9 Å². The van der Waals surface area contributed by atoms with E-state index in [-0.39, 0.29) is 11.7 Å². The molecule has 0 radical (unpaired) electrons. The van der Waals surface area contributed by atoms with Crippen LogP contribution < -0.4 is 10.1 Å². The minimum atomic E-state index is -0.885. The highest BCUT2D eigenvalue weighted by molar-refractivity contribution is 6.04. The number of piperidine rings is 1. The first-order chi connectivity index (χ1) is 16.5. The lowest BCUT2D eigenvalue weighted by Gasteiger charge is -2.38. The van der Waals surface area contributed by atoms with Crippen molar-refractivity contribution in [2.45, 2.75) is 25.0 Å². The van der Waals surface area contributed by atoms with Gasteiger partial charge in [-0.2, -0.15) is 0 Å². The number of fused-ring (bicyclic) bond motifs is 1. The molecule has 0 atom stereocenters. The van der Waals surface area contributed by atoms with Gasteiger partial charge in [0.1, 0.15) is 11.3 Å². The number of anilines is 1. The summed E-state index contributed by atoms with van der Waals surface area (Å²) in [7, 11) is 1.60. The molecule has 174 valence electrons. The van der Waals surface area contributed by atoms with Crippen molar-refractivity contribution >= 4 is 22.6 Å². The van der Waals surface area contributed by atoms with Crippen LogP contribution >= 0.6 is 0 Å². The summed E-state index contributed by atoms with van der Waals surface area (Å²) in [6, 6.07) is 24.9. The summed E-state index contributed by atoms with van der Waals surface area (Å²) in [6.07, 6.45) is 1.32. The molecule has 4 aromatic rings. The fraction of sp³-hybridized carbons (Fsp3) is 0.250. The normalized spacial score (nSPS) is 15.8. The van der Waals surface area contributed by atoms with Crippen molar-refractivity contribution in [1.82, 2.24) is 4.90 Å². The molecular weight excluding hydrogens is 428 g/mol. The van der Waals surface area contributed by atoms with Crippen LogP contribution in [0.2, 0.25) is 0 Å². The zero-order valence-electron chi connectivity index (χ0n) is 19.2. The highest BCUT2D eigenvalue weighted by Crippen LogP contribution is 2.35. The van der Waals surface area contributed by atoms with Crippen molar-refractivity contribution in [3.8, 4) is 5.75 Å². The molecule has 0 aliphatic carbocycles. The van der Waals surface area contributed by atoms with Gasteiger partial charge in [-0.3, -0.25) is 9.69 Å². The van der Waals surface area contributed by atoms with Gasteiger partial charge >= 0.3 is 0 Å². The Morgan fingerprint density at radius 2 is 1.76 bits per heavy atom. The number of methoxy groups -OCH3 is 1. The van der Waals surface area contributed by atoms with Crippen LogP contribution in [0.1, 0.15) is 34.5 Å². The van der Waals surface area contributed by atoms with E-state index in [2.05, 4.69) is 34.5 Å². The van der Waals surface area contributed by atoms with Crippen molar-refractivity contribution < 1.29 is 19.1 Å². The third kappa shape index (κ3) is 4.69. The van der Waals surface area contributed by atoms with E-state index in [0.29, 0.717) is 24.1 Å². The summed E-state index contributed by atoms with van der Waals surface area (Å²) in [5.41, 5.74) is 2.54. The first-order valence-corrected chi connectivity index (χ1v) is 11.5. The molecule has 1 aliphatic rings. The van der Waals surface area contributed by atoms with Gasteiger partial charge in [0.2, 0.25) is 0 Å². The molecule has 1 fully saturated rings. The number of nitrogens with zero attached hydrogens (tertiary/aromatic N) is 1. The maximum absolute atomic E-state index is 12.7. The molecular formula is C28H28N2O4. The average molecular weight is 457 g/mol. The number of aliphatic hydroxyl groups is 1. The van der Waals surface area contributed by atoms with E-state index in [1.165, 1.54) is 5.56 Å². The zero-order valence-corrected chi connectivity index (χ0v) is 19.2. The van der Waals surface area contributed by atoms with E-state index in [1.807, 2.05) is 24.3 Å². The van der Waals surface area contributed by atoms with Crippen molar-refractivity contribution in [1.29, 1.82) is 0 Å². The fourth-order valence-electron chi connectivity index (χ4n) is 4.52. The zero-order chi connectivity index (χ0) is 23.5. The summed E-state index contributed by atoms with van der Waals surface area (Å²) in [4.78, 5) is 15.1. The second-order valence-electron chi connectivity index (χ2n) is 8.84.